The first-order chi connectivity index (χ1) is 16.7. The molecule has 0 radical (unpaired) electrons. The molecule has 0 saturated heterocycles. The molecule has 2 aromatic rings. The molecule has 1 aliphatic rings. The first-order valence-corrected chi connectivity index (χ1v) is 11.8. The third-order valence-corrected chi connectivity index (χ3v) is 6.10. The summed E-state index contributed by atoms with van der Waals surface area (Å²) < 4.78 is 0. The quantitative estimate of drug-likeness (QED) is 0.393. The first-order valence-electron chi connectivity index (χ1n) is 11.8. The van der Waals surface area contributed by atoms with E-state index in [2.05, 4.69) is 22.8 Å². The van der Waals surface area contributed by atoms with E-state index in [0.29, 0.717) is 31.9 Å². The van der Waals surface area contributed by atoms with E-state index in [-0.39, 0.29) is 61.3 Å². The van der Waals surface area contributed by atoms with E-state index in [9.17, 15) is 19.5 Å². The zero-order chi connectivity index (χ0) is 25.5. The van der Waals surface area contributed by atoms with Gasteiger partial charge in [-0.25, -0.2) is 9.80 Å². The highest BCUT2D eigenvalue weighted by atomic mass is 35.5. The molecule has 2 aromatic carbocycles. The van der Waals surface area contributed by atoms with Crippen molar-refractivity contribution < 1.29 is 19.5 Å². The fourth-order valence-corrected chi connectivity index (χ4v) is 4.05. The lowest BCUT2D eigenvalue weighted by atomic mass is 10.1. The second kappa shape index (κ2) is 14.9. The van der Waals surface area contributed by atoms with Crippen LogP contribution < -0.4 is 15.5 Å². The monoisotopic (exact) mass is 553 g/mol. The highest BCUT2D eigenvalue weighted by Gasteiger charge is 2.25. The number of carboxylic acid groups (broad SMARTS) is 1. The minimum absolute atomic E-state index is 0. The molecule has 0 spiro atoms. The molecule has 3 N–H and O–H groups in total. The molecular weight excluding hydrogens is 517 g/mol. The number of aryl methyl sites for hydroxylation is 1. The SMILES string of the molecule is Cc1ccc(C(=O)O)cc1N(CCNC(C)C)C(=O)CNCC(=O)N(C)N1Cc2ccccc2C1.Cl.Cl. The van der Waals surface area contributed by atoms with Crippen molar-refractivity contribution in [1.29, 1.82) is 0 Å². The van der Waals surface area contributed by atoms with Gasteiger partial charge in [-0.2, -0.15) is 0 Å². The van der Waals surface area contributed by atoms with E-state index in [0.717, 1.165) is 5.56 Å². The Hall–Kier alpha value is -2.69. The minimum Gasteiger partial charge on any atom is -0.478 e. The van der Waals surface area contributed by atoms with Crippen molar-refractivity contribution in [3.8, 4) is 0 Å². The van der Waals surface area contributed by atoms with E-state index in [1.54, 1.807) is 23.0 Å². The summed E-state index contributed by atoms with van der Waals surface area (Å²) in [5.41, 5.74) is 3.90. The number of anilines is 1. The van der Waals surface area contributed by atoms with Gasteiger partial charge in [-0.1, -0.05) is 44.2 Å². The molecule has 11 heteroatoms. The molecule has 37 heavy (non-hydrogen) atoms. The van der Waals surface area contributed by atoms with Gasteiger partial charge in [0.05, 0.1) is 18.7 Å². The number of hydrazine groups is 1. The van der Waals surface area contributed by atoms with Crippen LogP contribution in [0.15, 0.2) is 42.5 Å². The number of halogens is 2. The number of amides is 2. The molecule has 0 unspecified atom stereocenters. The van der Waals surface area contributed by atoms with Crippen molar-refractivity contribution in [2.24, 2.45) is 0 Å². The number of nitrogens with one attached hydrogen (secondary N) is 2. The number of benzene rings is 2. The van der Waals surface area contributed by atoms with E-state index in [1.807, 2.05) is 37.9 Å². The second-order valence-corrected chi connectivity index (χ2v) is 9.07. The number of carbonyl (C=O) groups excluding carboxylic acids is 2. The zero-order valence-corrected chi connectivity index (χ0v) is 23.3. The summed E-state index contributed by atoms with van der Waals surface area (Å²) in [6, 6.07) is 13.1. The number of likely N-dealkylation sites (N-methyl/N-ethyl adjacent to an activating group) is 1. The molecule has 0 bridgehead atoms. The Morgan fingerprint density at radius 1 is 1.00 bits per heavy atom. The van der Waals surface area contributed by atoms with Crippen molar-refractivity contribution in [3.05, 3.63) is 64.7 Å². The summed E-state index contributed by atoms with van der Waals surface area (Å²) in [5, 5.41) is 19.2. The van der Waals surface area contributed by atoms with Crippen LogP contribution in [0.1, 0.15) is 40.9 Å². The van der Waals surface area contributed by atoms with Gasteiger partial charge in [0.15, 0.2) is 0 Å². The van der Waals surface area contributed by atoms with Crippen LogP contribution in [0.2, 0.25) is 0 Å². The van der Waals surface area contributed by atoms with E-state index < -0.39 is 5.97 Å². The van der Waals surface area contributed by atoms with Crippen molar-refractivity contribution in [1.82, 2.24) is 20.7 Å². The van der Waals surface area contributed by atoms with E-state index in [4.69, 9.17) is 0 Å². The van der Waals surface area contributed by atoms with Crippen molar-refractivity contribution >= 4 is 48.3 Å². The molecule has 2 amide bonds. The third kappa shape index (κ3) is 8.69. The normalized spacial score (nSPS) is 12.4. The van der Waals surface area contributed by atoms with E-state index in [1.165, 1.54) is 23.3 Å². The van der Waals surface area contributed by atoms with Crippen molar-refractivity contribution in [2.75, 3.05) is 38.1 Å². The maximum absolute atomic E-state index is 13.2. The molecule has 3 rings (SSSR count). The zero-order valence-electron chi connectivity index (χ0n) is 21.7. The van der Waals surface area contributed by atoms with Crippen molar-refractivity contribution in [2.45, 2.75) is 39.9 Å². The smallest absolute Gasteiger partial charge is 0.335 e. The van der Waals surface area contributed by atoms with Gasteiger partial charge < -0.3 is 15.3 Å². The van der Waals surface area contributed by atoms with Gasteiger partial charge in [-0.05, 0) is 35.7 Å². The Bertz CT molecular complexity index is 1060. The summed E-state index contributed by atoms with van der Waals surface area (Å²) in [6.45, 7) is 8.13. The minimum atomic E-state index is -1.05. The number of carbonyl (C=O) groups is 3. The summed E-state index contributed by atoms with van der Waals surface area (Å²) in [5.74, 6) is -1.41. The lowest BCUT2D eigenvalue weighted by Crippen LogP contribution is -2.47. The number of rotatable bonds is 11. The lowest BCUT2D eigenvalue weighted by molar-refractivity contribution is -0.145. The highest BCUT2D eigenvalue weighted by Crippen LogP contribution is 2.23. The lowest BCUT2D eigenvalue weighted by Gasteiger charge is -2.28. The molecule has 1 heterocycles. The second-order valence-electron chi connectivity index (χ2n) is 9.07. The number of carboxylic acids is 1. The topological polar surface area (TPSA) is 105 Å². The molecule has 1 aliphatic heterocycles. The summed E-state index contributed by atoms with van der Waals surface area (Å²) in [6.07, 6.45) is 0. The van der Waals surface area contributed by atoms with Crippen LogP contribution in [-0.4, -0.2) is 72.2 Å². The molecule has 204 valence electrons. The fourth-order valence-electron chi connectivity index (χ4n) is 4.05. The number of hydrogen-bond acceptors (Lipinski definition) is 6. The maximum atomic E-state index is 13.2. The molecule has 9 nitrogen and oxygen atoms in total. The Balaban J connectivity index is 0.00000342. The van der Waals surface area contributed by atoms with Gasteiger partial charge >= 0.3 is 5.97 Å². The van der Waals surface area contributed by atoms with Crippen LogP contribution in [-0.2, 0) is 22.7 Å². The van der Waals surface area contributed by atoms with Crippen LogP contribution >= 0.6 is 24.8 Å². The van der Waals surface area contributed by atoms with Gasteiger partial charge in [0.25, 0.3) is 5.91 Å². The molecule has 0 aromatic heterocycles. The number of nitrogens with zero attached hydrogens (tertiary/aromatic N) is 3. The van der Waals surface area contributed by atoms with Crippen LogP contribution in [0.25, 0.3) is 0 Å². The Morgan fingerprint density at radius 3 is 2.16 bits per heavy atom. The average molecular weight is 555 g/mol. The summed E-state index contributed by atoms with van der Waals surface area (Å²) in [4.78, 5) is 39.0. The van der Waals surface area contributed by atoms with Gasteiger partial charge in [0.1, 0.15) is 0 Å². The first kappa shape index (κ1) is 32.3. The van der Waals surface area contributed by atoms with Gasteiger partial charge in [0.2, 0.25) is 5.91 Å². The molecule has 0 saturated carbocycles. The maximum Gasteiger partial charge on any atom is 0.335 e. The third-order valence-electron chi connectivity index (χ3n) is 6.10. The Kier molecular flexibility index (Phi) is 13.0. The molecule has 0 fully saturated rings. The summed E-state index contributed by atoms with van der Waals surface area (Å²) >= 11 is 0. The number of fused-ring (bicyclic) bond motifs is 1. The van der Waals surface area contributed by atoms with Gasteiger partial charge in [0, 0.05) is 45.0 Å². The Morgan fingerprint density at radius 2 is 1.59 bits per heavy atom. The largest absolute Gasteiger partial charge is 0.478 e. The predicted octanol–water partition coefficient (Wildman–Crippen LogP) is 2.85. The average Bonchev–Trinajstić information content (AvgIpc) is 3.25. The fraction of sp³-hybridized carbons (Fsp3) is 0.423. The predicted molar refractivity (Wildman–Crippen MR) is 149 cm³/mol. The van der Waals surface area contributed by atoms with Crippen molar-refractivity contribution in [3.63, 3.8) is 0 Å². The summed E-state index contributed by atoms with van der Waals surface area (Å²) in [7, 11) is 1.74. The van der Waals surface area contributed by atoms with Crippen LogP contribution in [0.4, 0.5) is 5.69 Å². The standard InChI is InChI=1S/C26H35N5O4.2ClH/c1-18(2)28-11-12-31(23-13-20(26(34)35)10-9-19(23)3)25(33)15-27-14-24(32)29(4)30-16-21-7-5-6-8-22(21)17-30;;/h5-10,13,18,27-28H,11-12,14-17H2,1-4H3,(H,34,35);2*1H. The van der Waals surface area contributed by atoms with Gasteiger partial charge in [-0.15, -0.1) is 24.8 Å². The number of aromatic carboxylic acids is 1. The number of hydrogen-bond donors (Lipinski definition) is 3. The van der Waals surface area contributed by atoms with Crippen LogP contribution in [0.3, 0.4) is 0 Å². The Labute approximate surface area is 231 Å². The molecule has 0 atom stereocenters. The van der Waals surface area contributed by atoms with E-state index >= 15 is 0 Å². The van der Waals surface area contributed by atoms with Crippen LogP contribution in [0, 0.1) is 6.92 Å². The van der Waals surface area contributed by atoms with Gasteiger partial charge in [-0.3, -0.25) is 19.9 Å². The highest BCUT2D eigenvalue weighted by molar-refractivity contribution is 5.97. The molecule has 0 aliphatic carbocycles. The van der Waals surface area contributed by atoms with Crippen LogP contribution in [0.5, 0.6) is 0 Å². The molecular formula is C26H37Cl2N5O4.